The molecule has 186 valence electrons. The fourth-order valence-electron chi connectivity index (χ4n) is 4.91. The van der Waals surface area contributed by atoms with Gasteiger partial charge in [-0.2, -0.15) is 0 Å². The third kappa shape index (κ3) is 3.31. The molecule has 0 radical (unpaired) electrons. The maximum Gasteiger partial charge on any atom is 0.266 e. The highest BCUT2D eigenvalue weighted by atomic mass is 16.5. The molecule has 4 aromatic rings. The number of imide groups is 2. The van der Waals surface area contributed by atoms with Crippen molar-refractivity contribution >= 4 is 35.0 Å². The summed E-state index contributed by atoms with van der Waals surface area (Å²) >= 11 is 0. The molecule has 8 heteroatoms. The normalized spacial score (nSPS) is 14.2. The van der Waals surface area contributed by atoms with E-state index in [1.54, 1.807) is 84.9 Å². The van der Waals surface area contributed by atoms with Crippen LogP contribution in [0.5, 0.6) is 11.5 Å². The van der Waals surface area contributed by atoms with Crippen LogP contribution in [0.15, 0.2) is 84.9 Å². The molecule has 6 rings (SSSR count). The molecule has 0 aliphatic carbocycles. The first kappa shape index (κ1) is 23.2. The minimum atomic E-state index is -0.467. The van der Waals surface area contributed by atoms with Crippen LogP contribution in [0.25, 0.3) is 11.1 Å². The van der Waals surface area contributed by atoms with Crippen molar-refractivity contribution in [2.45, 2.75) is 0 Å². The average Bonchev–Trinajstić information content (AvgIpc) is 3.36. The van der Waals surface area contributed by atoms with Crippen LogP contribution in [-0.4, -0.2) is 37.8 Å². The number of fused-ring (bicyclic) bond motifs is 2. The summed E-state index contributed by atoms with van der Waals surface area (Å²) in [6.45, 7) is 0. The molecule has 0 spiro atoms. The first-order valence-corrected chi connectivity index (χ1v) is 11.8. The molecule has 8 nitrogen and oxygen atoms in total. The number of benzene rings is 4. The number of ether oxygens (including phenoxy) is 2. The lowest BCUT2D eigenvalue weighted by molar-refractivity contribution is 0.0909. The molecule has 2 aliphatic rings. The Labute approximate surface area is 217 Å². The van der Waals surface area contributed by atoms with Crippen molar-refractivity contribution in [1.82, 2.24) is 0 Å². The van der Waals surface area contributed by atoms with Crippen molar-refractivity contribution in [2.75, 3.05) is 24.0 Å². The van der Waals surface area contributed by atoms with Crippen LogP contribution in [0.3, 0.4) is 0 Å². The number of nitrogens with zero attached hydrogens (tertiary/aromatic N) is 2. The van der Waals surface area contributed by atoms with Gasteiger partial charge in [0.1, 0.15) is 11.5 Å². The highest BCUT2D eigenvalue weighted by Crippen LogP contribution is 2.38. The first-order valence-electron chi connectivity index (χ1n) is 11.8. The van der Waals surface area contributed by atoms with Gasteiger partial charge in [-0.1, -0.05) is 36.4 Å². The number of hydrogen-bond acceptors (Lipinski definition) is 6. The molecule has 0 unspecified atom stereocenters. The van der Waals surface area contributed by atoms with E-state index in [1.165, 1.54) is 14.2 Å². The molecular formula is C30H20N2O6. The Morgan fingerprint density at radius 2 is 0.842 bits per heavy atom. The molecule has 0 fully saturated rings. The molecule has 2 heterocycles. The van der Waals surface area contributed by atoms with Crippen molar-refractivity contribution in [3.05, 3.63) is 107 Å². The molecule has 0 saturated carbocycles. The van der Waals surface area contributed by atoms with Gasteiger partial charge in [0.05, 0.1) is 47.8 Å². The second-order valence-electron chi connectivity index (χ2n) is 8.76. The zero-order valence-corrected chi connectivity index (χ0v) is 20.4. The minimum absolute atomic E-state index is 0.247. The summed E-state index contributed by atoms with van der Waals surface area (Å²) in [5, 5.41) is 0. The molecule has 4 amide bonds. The van der Waals surface area contributed by atoms with Gasteiger partial charge in [-0.05, 0) is 59.7 Å². The van der Waals surface area contributed by atoms with Gasteiger partial charge >= 0.3 is 0 Å². The molecule has 4 aromatic carbocycles. The Morgan fingerprint density at radius 3 is 1.24 bits per heavy atom. The Kier molecular flexibility index (Phi) is 5.31. The molecule has 0 atom stereocenters. The summed E-state index contributed by atoms with van der Waals surface area (Å²) in [4.78, 5) is 55.1. The summed E-state index contributed by atoms with van der Waals surface area (Å²) in [6.07, 6.45) is 0. The van der Waals surface area contributed by atoms with Crippen molar-refractivity contribution in [2.24, 2.45) is 0 Å². The summed E-state index contributed by atoms with van der Waals surface area (Å²) in [7, 11) is 2.95. The molecular weight excluding hydrogens is 484 g/mol. The van der Waals surface area contributed by atoms with E-state index < -0.39 is 23.6 Å². The Morgan fingerprint density at radius 1 is 0.474 bits per heavy atom. The van der Waals surface area contributed by atoms with Gasteiger partial charge in [-0.25, -0.2) is 9.80 Å². The summed E-state index contributed by atoms with van der Waals surface area (Å²) in [6, 6.07) is 23.5. The van der Waals surface area contributed by atoms with Gasteiger partial charge < -0.3 is 9.47 Å². The number of hydrogen-bond donors (Lipinski definition) is 0. The maximum absolute atomic E-state index is 13.3. The monoisotopic (exact) mass is 504 g/mol. The van der Waals surface area contributed by atoms with Gasteiger partial charge in [0.2, 0.25) is 0 Å². The molecule has 0 bridgehead atoms. The predicted octanol–water partition coefficient (Wildman–Crippen LogP) is 4.97. The van der Waals surface area contributed by atoms with Crippen LogP contribution >= 0.6 is 0 Å². The minimum Gasteiger partial charge on any atom is -0.495 e. The van der Waals surface area contributed by atoms with E-state index in [2.05, 4.69) is 0 Å². The lowest BCUT2D eigenvalue weighted by Gasteiger charge is -2.16. The molecule has 0 saturated heterocycles. The third-order valence-corrected chi connectivity index (χ3v) is 6.76. The predicted molar refractivity (Wildman–Crippen MR) is 140 cm³/mol. The SMILES string of the molecule is COc1ccccc1N1C(=O)c2ccc(-c3ccc4c(c3)C(=O)N(c3ccccc3OC)C4=O)cc2C1=O. The van der Waals surface area contributed by atoms with Crippen LogP contribution in [0.2, 0.25) is 0 Å². The average molecular weight is 504 g/mol. The zero-order chi connectivity index (χ0) is 26.6. The Balaban J connectivity index is 1.37. The van der Waals surface area contributed by atoms with Gasteiger partial charge in [-0.15, -0.1) is 0 Å². The van der Waals surface area contributed by atoms with E-state index in [4.69, 9.17) is 9.47 Å². The van der Waals surface area contributed by atoms with Crippen molar-refractivity contribution in [1.29, 1.82) is 0 Å². The Bertz CT molecular complexity index is 1570. The molecule has 38 heavy (non-hydrogen) atoms. The van der Waals surface area contributed by atoms with Gasteiger partial charge in [0, 0.05) is 0 Å². The van der Waals surface area contributed by atoms with Crippen molar-refractivity contribution in [3.8, 4) is 22.6 Å². The van der Waals surface area contributed by atoms with Crippen LogP contribution in [-0.2, 0) is 0 Å². The van der Waals surface area contributed by atoms with E-state index >= 15 is 0 Å². The smallest absolute Gasteiger partial charge is 0.266 e. The van der Waals surface area contributed by atoms with E-state index in [0.717, 1.165) is 9.80 Å². The van der Waals surface area contributed by atoms with Gasteiger partial charge in [0.25, 0.3) is 23.6 Å². The van der Waals surface area contributed by atoms with Crippen LogP contribution < -0.4 is 19.3 Å². The number of carbonyl (C=O) groups excluding carboxylic acids is 4. The van der Waals surface area contributed by atoms with E-state index in [9.17, 15) is 19.2 Å². The summed E-state index contributed by atoms with van der Waals surface area (Å²) in [5.74, 6) is -1.00. The Hall–Kier alpha value is -5.24. The molecule has 0 aromatic heterocycles. The summed E-state index contributed by atoms with van der Waals surface area (Å²) in [5.41, 5.74) is 3.03. The van der Waals surface area contributed by atoms with Gasteiger partial charge in [-0.3, -0.25) is 19.2 Å². The van der Waals surface area contributed by atoms with Crippen molar-refractivity contribution < 1.29 is 28.7 Å². The maximum atomic E-state index is 13.3. The van der Waals surface area contributed by atoms with Crippen LogP contribution in [0, 0.1) is 0 Å². The number of para-hydroxylation sites is 4. The van der Waals surface area contributed by atoms with E-state index in [-0.39, 0.29) is 22.3 Å². The first-order chi connectivity index (χ1) is 18.4. The molecule has 0 N–H and O–H groups in total. The van der Waals surface area contributed by atoms with E-state index in [0.29, 0.717) is 34.0 Å². The second-order valence-corrected chi connectivity index (χ2v) is 8.76. The van der Waals surface area contributed by atoms with Crippen molar-refractivity contribution in [3.63, 3.8) is 0 Å². The van der Waals surface area contributed by atoms with Crippen LogP contribution in [0.1, 0.15) is 41.4 Å². The second kappa shape index (κ2) is 8.70. The lowest BCUT2D eigenvalue weighted by atomic mass is 9.97. The number of carbonyl (C=O) groups is 4. The highest BCUT2D eigenvalue weighted by Gasteiger charge is 2.40. The standard InChI is InChI=1S/C30H20N2O6/c1-37-25-9-5-3-7-23(25)31-27(33)19-13-11-17(15-21(19)29(31)35)18-12-14-20-22(16-18)30(36)32(28(20)34)24-8-4-6-10-26(24)38-2/h3-16H,1-2H3. The fraction of sp³-hybridized carbons (Fsp3) is 0.0667. The third-order valence-electron chi connectivity index (χ3n) is 6.76. The lowest BCUT2D eigenvalue weighted by Crippen LogP contribution is -2.29. The number of methoxy groups -OCH3 is 2. The fourth-order valence-corrected chi connectivity index (χ4v) is 4.91. The number of anilines is 2. The number of amides is 4. The quantitative estimate of drug-likeness (QED) is 0.356. The van der Waals surface area contributed by atoms with Gasteiger partial charge in [0.15, 0.2) is 0 Å². The van der Waals surface area contributed by atoms with Crippen LogP contribution in [0.4, 0.5) is 11.4 Å². The topological polar surface area (TPSA) is 93.2 Å². The summed E-state index contributed by atoms with van der Waals surface area (Å²) < 4.78 is 10.7. The largest absolute Gasteiger partial charge is 0.495 e. The van der Waals surface area contributed by atoms with E-state index in [1.807, 2.05) is 0 Å². The highest BCUT2D eigenvalue weighted by molar-refractivity contribution is 6.36. The zero-order valence-electron chi connectivity index (χ0n) is 20.4. The number of rotatable bonds is 5. The molecule has 2 aliphatic heterocycles.